The summed E-state index contributed by atoms with van der Waals surface area (Å²) >= 11 is 0. The van der Waals surface area contributed by atoms with Crippen molar-refractivity contribution in [3.63, 3.8) is 0 Å². The third-order valence-electron chi connectivity index (χ3n) is 4.24. The zero-order valence-electron chi connectivity index (χ0n) is 11.9. The van der Waals surface area contributed by atoms with Crippen molar-refractivity contribution in [2.45, 2.75) is 39.2 Å². The average Bonchev–Trinajstić information content (AvgIpc) is 2.43. The molecule has 3 atom stereocenters. The van der Waals surface area contributed by atoms with Crippen molar-refractivity contribution in [2.75, 3.05) is 6.61 Å². The maximum absolute atomic E-state index is 13.1. The molecule has 1 aliphatic carbocycles. The summed E-state index contributed by atoms with van der Waals surface area (Å²) in [5.41, 5.74) is 0.154. The lowest BCUT2D eigenvalue weighted by molar-refractivity contribution is 0.00706. The van der Waals surface area contributed by atoms with E-state index in [9.17, 15) is 13.6 Å². The van der Waals surface area contributed by atoms with Gasteiger partial charge < -0.3 is 4.74 Å². The van der Waals surface area contributed by atoms with Gasteiger partial charge in [-0.15, -0.1) is 0 Å². The normalized spacial score (nSPS) is 26.5. The molecular formula is C16H20F2O2. The fourth-order valence-corrected chi connectivity index (χ4v) is 2.60. The van der Waals surface area contributed by atoms with Crippen molar-refractivity contribution in [3.8, 4) is 0 Å². The second kappa shape index (κ2) is 6.44. The van der Waals surface area contributed by atoms with Crippen molar-refractivity contribution < 1.29 is 18.3 Å². The first kappa shape index (κ1) is 15.1. The number of rotatable bonds is 4. The average molecular weight is 282 g/mol. The van der Waals surface area contributed by atoms with E-state index in [0.717, 1.165) is 31.4 Å². The van der Waals surface area contributed by atoms with E-state index in [1.165, 1.54) is 6.07 Å². The summed E-state index contributed by atoms with van der Waals surface area (Å²) < 4.78 is 31.5. The van der Waals surface area contributed by atoms with Crippen LogP contribution in [0.2, 0.25) is 0 Å². The Bertz CT molecular complexity index is 487. The standard InChI is InChI=1S/C16H20F2O2/c1-10-3-5-13(7-11(10)2)20-9-16(19)12-4-6-14(17)15(18)8-12/h4,6,8,10-11,13H,3,5,7,9H2,1-2H3. The molecule has 3 unspecified atom stereocenters. The van der Waals surface area contributed by atoms with Crippen LogP contribution in [-0.4, -0.2) is 18.5 Å². The highest BCUT2D eigenvalue weighted by Gasteiger charge is 2.25. The van der Waals surface area contributed by atoms with Gasteiger partial charge in [-0.05, 0) is 49.3 Å². The Morgan fingerprint density at radius 2 is 1.95 bits per heavy atom. The molecule has 0 aromatic heterocycles. The molecule has 0 aliphatic heterocycles. The SMILES string of the molecule is CC1CCC(OCC(=O)c2ccc(F)c(F)c2)CC1C. The minimum absolute atomic E-state index is 0.0726. The minimum Gasteiger partial charge on any atom is -0.370 e. The smallest absolute Gasteiger partial charge is 0.188 e. The lowest BCUT2D eigenvalue weighted by Crippen LogP contribution is -2.28. The number of carbonyl (C=O) groups is 1. The molecule has 0 amide bonds. The fraction of sp³-hybridized carbons (Fsp3) is 0.562. The molecule has 0 radical (unpaired) electrons. The first-order valence-corrected chi connectivity index (χ1v) is 7.07. The van der Waals surface area contributed by atoms with Gasteiger partial charge in [0.05, 0.1) is 6.10 Å². The molecule has 2 rings (SSSR count). The molecule has 2 nitrogen and oxygen atoms in total. The van der Waals surface area contributed by atoms with Crippen LogP contribution < -0.4 is 0 Å². The maximum atomic E-state index is 13.1. The molecule has 1 aliphatic rings. The van der Waals surface area contributed by atoms with Gasteiger partial charge >= 0.3 is 0 Å². The number of benzene rings is 1. The van der Waals surface area contributed by atoms with Crippen LogP contribution in [0.25, 0.3) is 0 Å². The minimum atomic E-state index is -1.00. The monoisotopic (exact) mass is 282 g/mol. The summed E-state index contributed by atoms with van der Waals surface area (Å²) in [4.78, 5) is 11.9. The summed E-state index contributed by atoms with van der Waals surface area (Å²) in [5.74, 6) is -0.979. The Labute approximate surface area is 118 Å². The third-order valence-corrected chi connectivity index (χ3v) is 4.24. The van der Waals surface area contributed by atoms with Gasteiger partial charge in [-0.25, -0.2) is 8.78 Å². The van der Waals surface area contributed by atoms with Crippen LogP contribution in [0.15, 0.2) is 18.2 Å². The third kappa shape index (κ3) is 3.63. The zero-order valence-corrected chi connectivity index (χ0v) is 11.9. The lowest BCUT2D eigenvalue weighted by Gasteiger charge is -2.31. The van der Waals surface area contributed by atoms with E-state index >= 15 is 0 Å². The van der Waals surface area contributed by atoms with Gasteiger partial charge in [0.1, 0.15) is 6.61 Å². The molecule has 20 heavy (non-hydrogen) atoms. The van der Waals surface area contributed by atoms with Crippen LogP contribution in [0.4, 0.5) is 8.78 Å². The molecule has 1 aromatic rings. The summed E-state index contributed by atoms with van der Waals surface area (Å²) in [6.45, 7) is 4.35. The Hall–Kier alpha value is -1.29. The number of carbonyl (C=O) groups excluding carboxylic acids is 1. The van der Waals surface area contributed by atoms with Crippen LogP contribution in [0, 0.1) is 23.5 Å². The molecule has 0 bridgehead atoms. The Morgan fingerprint density at radius 1 is 1.20 bits per heavy atom. The van der Waals surface area contributed by atoms with E-state index in [1.807, 2.05) is 0 Å². The molecule has 0 saturated heterocycles. The quantitative estimate of drug-likeness (QED) is 0.781. The predicted octanol–water partition coefficient (Wildman–Crippen LogP) is 3.99. The van der Waals surface area contributed by atoms with E-state index < -0.39 is 11.6 Å². The first-order valence-electron chi connectivity index (χ1n) is 7.07. The molecule has 1 saturated carbocycles. The molecule has 4 heteroatoms. The van der Waals surface area contributed by atoms with E-state index in [2.05, 4.69) is 13.8 Å². The van der Waals surface area contributed by atoms with E-state index in [0.29, 0.717) is 11.8 Å². The van der Waals surface area contributed by atoms with Crippen molar-refractivity contribution in [3.05, 3.63) is 35.4 Å². The highest BCUT2D eigenvalue weighted by Crippen LogP contribution is 2.30. The second-order valence-corrected chi connectivity index (χ2v) is 5.75. The second-order valence-electron chi connectivity index (χ2n) is 5.75. The van der Waals surface area contributed by atoms with Gasteiger partial charge in [0, 0.05) is 5.56 Å². The summed E-state index contributed by atoms with van der Waals surface area (Å²) in [7, 11) is 0. The van der Waals surface area contributed by atoms with Gasteiger partial charge in [0.15, 0.2) is 17.4 Å². The number of ether oxygens (including phenoxy) is 1. The predicted molar refractivity (Wildman–Crippen MR) is 72.6 cm³/mol. The van der Waals surface area contributed by atoms with Gasteiger partial charge in [0.2, 0.25) is 0 Å². The molecular weight excluding hydrogens is 262 g/mol. The fourth-order valence-electron chi connectivity index (χ4n) is 2.60. The molecule has 1 aromatic carbocycles. The van der Waals surface area contributed by atoms with Crippen molar-refractivity contribution in [2.24, 2.45) is 11.8 Å². The Kier molecular flexibility index (Phi) is 4.86. The number of hydrogen-bond donors (Lipinski definition) is 0. The zero-order chi connectivity index (χ0) is 14.7. The van der Waals surface area contributed by atoms with Gasteiger partial charge in [0.25, 0.3) is 0 Å². The van der Waals surface area contributed by atoms with Gasteiger partial charge in [-0.3, -0.25) is 4.79 Å². The number of hydrogen-bond acceptors (Lipinski definition) is 2. The number of Topliss-reactive ketones (excluding diaryl/α,β-unsaturated/α-hetero) is 1. The maximum Gasteiger partial charge on any atom is 0.188 e. The highest BCUT2D eigenvalue weighted by molar-refractivity contribution is 5.97. The molecule has 1 fully saturated rings. The molecule has 110 valence electrons. The summed E-state index contributed by atoms with van der Waals surface area (Å²) in [6, 6.07) is 3.18. The van der Waals surface area contributed by atoms with Crippen LogP contribution in [-0.2, 0) is 4.74 Å². The Balaban J connectivity index is 1.87. The van der Waals surface area contributed by atoms with Crippen LogP contribution in [0.1, 0.15) is 43.5 Å². The molecule has 0 N–H and O–H groups in total. The molecule has 0 heterocycles. The van der Waals surface area contributed by atoms with E-state index in [1.54, 1.807) is 0 Å². The lowest BCUT2D eigenvalue weighted by atomic mass is 9.80. The van der Waals surface area contributed by atoms with E-state index in [4.69, 9.17) is 4.74 Å². The van der Waals surface area contributed by atoms with Gasteiger partial charge in [-0.1, -0.05) is 13.8 Å². The summed E-state index contributed by atoms with van der Waals surface area (Å²) in [6.07, 6.45) is 3.10. The van der Waals surface area contributed by atoms with Crippen LogP contribution in [0.3, 0.4) is 0 Å². The number of ketones is 1. The largest absolute Gasteiger partial charge is 0.370 e. The van der Waals surface area contributed by atoms with Crippen LogP contribution >= 0.6 is 0 Å². The highest BCUT2D eigenvalue weighted by atomic mass is 19.2. The topological polar surface area (TPSA) is 26.3 Å². The molecule has 0 spiro atoms. The van der Waals surface area contributed by atoms with Crippen LogP contribution in [0.5, 0.6) is 0 Å². The van der Waals surface area contributed by atoms with Gasteiger partial charge in [-0.2, -0.15) is 0 Å². The van der Waals surface area contributed by atoms with Crippen molar-refractivity contribution >= 4 is 5.78 Å². The van der Waals surface area contributed by atoms with E-state index in [-0.39, 0.29) is 24.1 Å². The number of halogens is 2. The van der Waals surface area contributed by atoms with Crippen molar-refractivity contribution in [1.29, 1.82) is 0 Å². The first-order chi connectivity index (χ1) is 9.47. The Morgan fingerprint density at radius 3 is 2.60 bits per heavy atom. The van der Waals surface area contributed by atoms with Crippen molar-refractivity contribution in [1.82, 2.24) is 0 Å². The summed E-state index contributed by atoms with van der Waals surface area (Å²) in [5, 5.41) is 0.